The highest BCUT2D eigenvalue weighted by Crippen LogP contribution is 2.19. The number of hydrogen-bond acceptors (Lipinski definition) is 4. The molecule has 6 heteroatoms. The van der Waals surface area contributed by atoms with Crippen molar-refractivity contribution >= 4 is 28.9 Å². The van der Waals surface area contributed by atoms with Gasteiger partial charge < -0.3 is 0 Å². The molecule has 2 rings (SSSR count). The average molecular weight is 285 g/mol. The van der Waals surface area contributed by atoms with E-state index in [0.29, 0.717) is 22.6 Å². The van der Waals surface area contributed by atoms with Gasteiger partial charge in [-0.05, 0) is 35.6 Å². The van der Waals surface area contributed by atoms with E-state index in [4.69, 9.17) is 11.6 Å². The van der Waals surface area contributed by atoms with E-state index in [1.165, 1.54) is 12.1 Å². The minimum atomic E-state index is -0.514. The summed E-state index contributed by atoms with van der Waals surface area (Å²) in [6, 6.07) is 4.37. The number of carbonyl (C=O) groups excluding carboxylic acids is 1. The van der Waals surface area contributed by atoms with Gasteiger partial charge in [-0.25, -0.2) is 4.39 Å². The molecule has 0 bridgehead atoms. The van der Waals surface area contributed by atoms with Gasteiger partial charge in [-0.2, -0.15) is 0 Å². The van der Waals surface area contributed by atoms with Crippen molar-refractivity contribution in [3.05, 3.63) is 45.2 Å². The van der Waals surface area contributed by atoms with Crippen molar-refractivity contribution in [2.75, 3.05) is 0 Å². The van der Waals surface area contributed by atoms with Crippen LogP contribution in [-0.4, -0.2) is 15.4 Å². The number of rotatable bonds is 4. The van der Waals surface area contributed by atoms with Crippen molar-refractivity contribution in [3.8, 4) is 0 Å². The molecular weight excluding hydrogens is 275 g/mol. The fraction of sp³-hybridized carbons (Fsp3) is 0.250. The molecule has 0 N–H and O–H groups in total. The molecule has 0 saturated carbocycles. The zero-order valence-electron chi connectivity index (χ0n) is 9.61. The van der Waals surface area contributed by atoms with Crippen molar-refractivity contribution in [1.82, 2.24) is 9.59 Å². The Kier molecular flexibility index (Phi) is 4.04. The van der Waals surface area contributed by atoms with Crippen molar-refractivity contribution in [2.24, 2.45) is 0 Å². The van der Waals surface area contributed by atoms with Crippen LogP contribution in [0.2, 0.25) is 5.02 Å². The first kappa shape index (κ1) is 13.1. The number of aryl methyl sites for hydroxylation is 1. The Morgan fingerprint density at radius 1 is 1.50 bits per heavy atom. The quantitative estimate of drug-likeness (QED) is 0.809. The molecule has 1 aromatic carbocycles. The first-order valence-corrected chi connectivity index (χ1v) is 6.55. The SMILES string of the molecule is CCc1nnsc1C(=O)Cc1ccc(Cl)c(F)c1. The van der Waals surface area contributed by atoms with Gasteiger partial charge in [0.25, 0.3) is 0 Å². The van der Waals surface area contributed by atoms with Crippen LogP contribution >= 0.6 is 23.1 Å². The molecule has 1 heterocycles. The van der Waals surface area contributed by atoms with Crippen LogP contribution < -0.4 is 0 Å². The zero-order chi connectivity index (χ0) is 13.1. The molecule has 0 saturated heterocycles. The molecule has 0 amide bonds. The summed E-state index contributed by atoms with van der Waals surface area (Å²) in [7, 11) is 0. The number of hydrogen-bond donors (Lipinski definition) is 0. The number of benzene rings is 1. The standard InChI is InChI=1S/C12H10ClFN2OS/c1-2-10-12(18-16-15-10)11(17)6-7-3-4-8(13)9(14)5-7/h3-5H,2,6H2,1H3. The Hall–Kier alpha value is -1.33. The number of nitrogens with zero attached hydrogens (tertiary/aromatic N) is 2. The van der Waals surface area contributed by atoms with E-state index in [1.54, 1.807) is 6.07 Å². The molecule has 94 valence electrons. The maximum absolute atomic E-state index is 13.3. The van der Waals surface area contributed by atoms with Gasteiger partial charge in [0.2, 0.25) is 0 Å². The lowest BCUT2D eigenvalue weighted by Gasteiger charge is -2.01. The predicted molar refractivity (Wildman–Crippen MR) is 68.7 cm³/mol. The van der Waals surface area contributed by atoms with Crippen molar-refractivity contribution in [1.29, 1.82) is 0 Å². The van der Waals surface area contributed by atoms with Crippen LogP contribution in [0, 0.1) is 5.82 Å². The highest BCUT2D eigenvalue weighted by molar-refractivity contribution is 7.08. The van der Waals surface area contributed by atoms with Crippen molar-refractivity contribution in [2.45, 2.75) is 19.8 Å². The molecule has 2 aromatic rings. The topological polar surface area (TPSA) is 42.9 Å². The first-order chi connectivity index (χ1) is 8.61. The van der Waals surface area contributed by atoms with E-state index in [9.17, 15) is 9.18 Å². The van der Waals surface area contributed by atoms with Crippen LogP contribution in [0.1, 0.15) is 27.9 Å². The maximum atomic E-state index is 13.3. The van der Waals surface area contributed by atoms with Gasteiger partial charge in [0.05, 0.1) is 10.7 Å². The monoisotopic (exact) mass is 284 g/mol. The lowest BCUT2D eigenvalue weighted by molar-refractivity contribution is 0.0996. The molecule has 0 aliphatic heterocycles. The highest BCUT2D eigenvalue weighted by Gasteiger charge is 2.15. The Morgan fingerprint density at radius 2 is 2.28 bits per heavy atom. The first-order valence-electron chi connectivity index (χ1n) is 5.40. The summed E-state index contributed by atoms with van der Waals surface area (Å²) in [5, 5.41) is 3.94. The second-order valence-corrected chi connectivity index (χ2v) is 4.91. The van der Waals surface area contributed by atoms with Gasteiger partial charge >= 0.3 is 0 Å². The van der Waals surface area contributed by atoms with Crippen LogP contribution in [0.5, 0.6) is 0 Å². The fourth-order valence-corrected chi connectivity index (χ4v) is 2.37. The van der Waals surface area contributed by atoms with Crippen molar-refractivity contribution < 1.29 is 9.18 Å². The normalized spacial score (nSPS) is 10.6. The van der Waals surface area contributed by atoms with Gasteiger partial charge in [-0.1, -0.05) is 29.1 Å². The minimum Gasteiger partial charge on any atom is -0.293 e. The third-order valence-electron chi connectivity index (χ3n) is 2.49. The van der Waals surface area contributed by atoms with Crippen LogP contribution in [0.25, 0.3) is 0 Å². The molecule has 0 radical (unpaired) electrons. The molecule has 0 unspecified atom stereocenters. The molecular formula is C12H10ClFN2OS. The summed E-state index contributed by atoms with van der Waals surface area (Å²) in [6.07, 6.45) is 0.789. The fourth-order valence-electron chi connectivity index (χ4n) is 1.57. The van der Waals surface area contributed by atoms with E-state index in [0.717, 1.165) is 11.5 Å². The average Bonchev–Trinajstić information content (AvgIpc) is 2.82. The molecule has 0 spiro atoms. The number of aromatic nitrogens is 2. The lowest BCUT2D eigenvalue weighted by Crippen LogP contribution is -2.04. The van der Waals surface area contributed by atoms with Crippen LogP contribution in [0.4, 0.5) is 4.39 Å². The second-order valence-electron chi connectivity index (χ2n) is 3.75. The third-order valence-corrected chi connectivity index (χ3v) is 3.61. The molecule has 0 aliphatic carbocycles. The van der Waals surface area contributed by atoms with Crippen LogP contribution in [0.15, 0.2) is 18.2 Å². The summed E-state index contributed by atoms with van der Waals surface area (Å²) in [6.45, 7) is 1.91. The second kappa shape index (κ2) is 5.54. The Bertz CT molecular complexity index is 585. The minimum absolute atomic E-state index is 0.0555. The van der Waals surface area contributed by atoms with Gasteiger partial charge in [0, 0.05) is 6.42 Å². The smallest absolute Gasteiger partial charge is 0.180 e. The number of Topliss-reactive ketones (excluding diaryl/α,β-unsaturated/α-hetero) is 1. The van der Waals surface area contributed by atoms with E-state index in [1.807, 2.05) is 6.92 Å². The summed E-state index contributed by atoms with van der Waals surface area (Å²) < 4.78 is 17.0. The summed E-state index contributed by atoms with van der Waals surface area (Å²) >= 11 is 6.66. The number of carbonyl (C=O) groups is 1. The van der Waals surface area contributed by atoms with E-state index < -0.39 is 5.82 Å². The van der Waals surface area contributed by atoms with Crippen molar-refractivity contribution in [3.63, 3.8) is 0 Å². The third kappa shape index (κ3) is 2.73. The maximum Gasteiger partial charge on any atom is 0.180 e. The molecule has 3 nitrogen and oxygen atoms in total. The van der Waals surface area contributed by atoms with E-state index >= 15 is 0 Å². The molecule has 0 atom stereocenters. The largest absolute Gasteiger partial charge is 0.293 e. The summed E-state index contributed by atoms with van der Waals surface area (Å²) in [4.78, 5) is 12.6. The van der Waals surface area contributed by atoms with E-state index in [2.05, 4.69) is 9.59 Å². The predicted octanol–water partition coefficient (Wildman–Crippen LogP) is 3.32. The number of ketones is 1. The summed E-state index contributed by atoms with van der Waals surface area (Å²) in [5.41, 5.74) is 1.29. The van der Waals surface area contributed by atoms with Gasteiger partial charge in [-0.15, -0.1) is 5.10 Å². The number of halogens is 2. The van der Waals surface area contributed by atoms with Crippen LogP contribution in [0.3, 0.4) is 0 Å². The molecule has 1 aromatic heterocycles. The summed E-state index contributed by atoms with van der Waals surface area (Å²) in [5.74, 6) is -0.608. The Balaban J connectivity index is 2.19. The van der Waals surface area contributed by atoms with Gasteiger partial charge in [-0.3, -0.25) is 4.79 Å². The Labute approximate surface area is 113 Å². The highest BCUT2D eigenvalue weighted by atomic mass is 35.5. The molecule has 0 fully saturated rings. The lowest BCUT2D eigenvalue weighted by atomic mass is 10.1. The Morgan fingerprint density at radius 3 is 2.94 bits per heavy atom. The molecule has 18 heavy (non-hydrogen) atoms. The van der Waals surface area contributed by atoms with Gasteiger partial charge in [0.1, 0.15) is 10.7 Å². The van der Waals surface area contributed by atoms with E-state index in [-0.39, 0.29) is 17.2 Å². The van der Waals surface area contributed by atoms with Crippen LogP contribution in [-0.2, 0) is 12.8 Å². The van der Waals surface area contributed by atoms with Gasteiger partial charge in [0.15, 0.2) is 5.78 Å². The molecule has 0 aliphatic rings. The zero-order valence-corrected chi connectivity index (χ0v) is 11.2.